The number of halogens is 2. The Morgan fingerprint density at radius 3 is 2.68 bits per heavy atom. The van der Waals surface area contributed by atoms with Crippen LogP contribution in [0.5, 0.6) is 0 Å². The van der Waals surface area contributed by atoms with Gasteiger partial charge >= 0.3 is 5.97 Å². The van der Waals surface area contributed by atoms with Crippen molar-refractivity contribution in [3.8, 4) is 5.69 Å². The predicted octanol–water partition coefficient (Wildman–Crippen LogP) is 4.55. The van der Waals surface area contributed by atoms with Crippen LogP contribution in [-0.2, 0) is 16.0 Å². The fourth-order valence-electron chi connectivity index (χ4n) is 3.09. The molecule has 1 aromatic heterocycles. The van der Waals surface area contributed by atoms with Crippen LogP contribution in [0, 0.1) is 0 Å². The van der Waals surface area contributed by atoms with E-state index in [2.05, 4.69) is 10.1 Å². The molecule has 0 saturated carbocycles. The molecule has 2 heterocycles. The van der Waals surface area contributed by atoms with Crippen LogP contribution in [-0.4, -0.2) is 26.4 Å². The molecule has 0 bridgehead atoms. The van der Waals surface area contributed by atoms with Crippen LogP contribution in [0.2, 0.25) is 10.0 Å². The first-order valence-electron chi connectivity index (χ1n) is 8.74. The minimum atomic E-state index is -0.956. The first-order valence-corrected chi connectivity index (χ1v) is 9.49. The summed E-state index contributed by atoms with van der Waals surface area (Å²) in [6.07, 6.45) is -0.320. The van der Waals surface area contributed by atoms with Crippen LogP contribution in [0.3, 0.4) is 0 Å². The molecule has 142 valence electrons. The van der Waals surface area contributed by atoms with Gasteiger partial charge in [0.15, 0.2) is 11.6 Å². The average Bonchev–Trinajstić information content (AvgIpc) is 3.05. The van der Waals surface area contributed by atoms with E-state index in [-0.39, 0.29) is 0 Å². The van der Waals surface area contributed by atoms with E-state index in [0.717, 1.165) is 11.3 Å². The summed E-state index contributed by atoms with van der Waals surface area (Å²) in [7, 11) is 0. The fourth-order valence-corrected chi connectivity index (χ4v) is 3.48. The fraction of sp³-hybridized carbons (Fsp3) is 0.200. The molecule has 1 aliphatic heterocycles. The van der Waals surface area contributed by atoms with Crippen molar-refractivity contribution in [1.29, 1.82) is 0 Å². The lowest BCUT2D eigenvalue weighted by atomic mass is 10.0. The highest BCUT2D eigenvalue weighted by molar-refractivity contribution is 6.36. The van der Waals surface area contributed by atoms with E-state index >= 15 is 0 Å². The number of rotatable bonds is 3. The third-order valence-electron chi connectivity index (χ3n) is 4.31. The number of aryl methyl sites for hydroxylation is 1. The third kappa shape index (κ3) is 3.30. The molecule has 0 fully saturated rings. The molecule has 1 aliphatic rings. The van der Waals surface area contributed by atoms with Gasteiger partial charge in [-0.05, 0) is 24.3 Å². The number of nitrogens with zero attached hydrogens (tertiary/aromatic N) is 4. The highest BCUT2D eigenvalue weighted by Gasteiger charge is 2.30. The van der Waals surface area contributed by atoms with Crippen LogP contribution < -0.4 is 0 Å². The zero-order valence-electron chi connectivity index (χ0n) is 15.2. The number of ether oxygens (including phenoxy) is 1. The van der Waals surface area contributed by atoms with Crippen molar-refractivity contribution in [3.63, 3.8) is 0 Å². The maximum Gasteiger partial charge on any atom is 0.304 e. The van der Waals surface area contributed by atoms with Gasteiger partial charge in [-0.25, -0.2) is 14.7 Å². The van der Waals surface area contributed by atoms with E-state index in [0.29, 0.717) is 39.4 Å². The van der Waals surface area contributed by atoms with Gasteiger partial charge in [0.2, 0.25) is 0 Å². The molecule has 3 aromatic rings. The number of hydrogen-bond acceptors (Lipinski definition) is 5. The Morgan fingerprint density at radius 1 is 1.18 bits per heavy atom. The van der Waals surface area contributed by atoms with Gasteiger partial charge in [-0.15, -0.1) is 0 Å². The van der Waals surface area contributed by atoms with Crippen molar-refractivity contribution < 1.29 is 9.53 Å². The molecule has 0 amide bonds. The molecule has 0 radical (unpaired) electrons. The monoisotopic (exact) mass is 414 g/mol. The Balaban J connectivity index is 2.04. The highest BCUT2D eigenvalue weighted by atomic mass is 35.5. The molecule has 1 unspecified atom stereocenters. The molecule has 28 heavy (non-hydrogen) atoms. The van der Waals surface area contributed by atoms with Gasteiger partial charge in [0.1, 0.15) is 0 Å². The van der Waals surface area contributed by atoms with Gasteiger partial charge in [0.05, 0.1) is 11.4 Å². The van der Waals surface area contributed by atoms with E-state index in [1.54, 1.807) is 22.9 Å². The molecule has 0 N–H and O–H groups in total. The number of carbonyl (C=O) groups is 1. The molecule has 0 saturated heterocycles. The SMILES string of the molecule is CCc1nc2n(n1)-c1ccc(Cl)cc1C(c1ccccc1Cl)=NC2OC(C)=O. The first kappa shape index (κ1) is 18.7. The molecule has 4 rings (SSSR count). The molecule has 8 heteroatoms. The number of aromatic nitrogens is 3. The summed E-state index contributed by atoms with van der Waals surface area (Å²) in [6, 6.07) is 12.8. The quantitative estimate of drug-likeness (QED) is 0.589. The summed E-state index contributed by atoms with van der Waals surface area (Å²) in [6.45, 7) is 3.29. The van der Waals surface area contributed by atoms with Crippen molar-refractivity contribution in [2.24, 2.45) is 4.99 Å². The van der Waals surface area contributed by atoms with Crippen LogP contribution in [0.25, 0.3) is 5.69 Å². The lowest BCUT2D eigenvalue weighted by molar-refractivity contribution is -0.146. The topological polar surface area (TPSA) is 69.4 Å². The summed E-state index contributed by atoms with van der Waals surface area (Å²) in [5.41, 5.74) is 2.72. The Hall–Kier alpha value is -2.70. The van der Waals surface area contributed by atoms with Crippen molar-refractivity contribution in [2.45, 2.75) is 26.5 Å². The van der Waals surface area contributed by atoms with E-state index in [1.807, 2.05) is 31.2 Å². The number of benzene rings is 2. The maximum atomic E-state index is 11.8. The molecular weight excluding hydrogens is 399 g/mol. The third-order valence-corrected chi connectivity index (χ3v) is 4.87. The Kier molecular flexibility index (Phi) is 4.91. The zero-order valence-corrected chi connectivity index (χ0v) is 16.7. The average molecular weight is 415 g/mol. The molecule has 0 spiro atoms. The van der Waals surface area contributed by atoms with Gasteiger partial charge in [-0.2, -0.15) is 5.10 Å². The van der Waals surface area contributed by atoms with E-state index < -0.39 is 12.2 Å². The van der Waals surface area contributed by atoms with Crippen molar-refractivity contribution in [2.75, 3.05) is 0 Å². The number of fused-ring (bicyclic) bond motifs is 3. The summed E-state index contributed by atoms with van der Waals surface area (Å²) in [4.78, 5) is 21.0. The molecular formula is C20H16Cl2N4O2. The van der Waals surface area contributed by atoms with Crippen LogP contribution in [0.4, 0.5) is 0 Å². The van der Waals surface area contributed by atoms with Gasteiger partial charge in [-0.1, -0.05) is 48.3 Å². The number of esters is 1. The normalized spacial score (nSPS) is 15.3. The van der Waals surface area contributed by atoms with Crippen molar-refractivity contribution in [3.05, 3.63) is 75.3 Å². The highest BCUT2D eigenvalue weighted by Crippen LogP contribution is 2.33. The van der Waals surface area contributed by atoms with Crippen LogP contribution in [0.1, 0.15) is 42.9 Å². The second-order valence-electron chi connectivity index (χ2n) is 6.23. The molecule has 1 atom stereocenters. The Labute approximate surface area is 171 Å². The predicted molar refractivity (Wildman–Crippen MR) is 107 cm³/mol. The Bertz CT molecular complexity index is 1110. The van der Waals surface area contributed by atoms with E-state index in [9.17, 15) is 4.79 Å². The number of aliphatic imine (C=N–C) groups is 1. The minimum Gasteiger partial charge on any atom is -0.432 e. The van der Waals surface area contributed by atoms with Gasteiger partial charge in [0.25, 0.3) is 6.23 Å². The maximum absolute atomic E-state index is 11.8. The van der Waals surface area contributed by atoms with Gasteiger partial charge in [0, 0.05) is 34.5 Å². The first-order chi connectivity index (χ1) is 13.5. The zero-order chi connectivity index (χ0) is 19.8. The summed E-state index contributed by atoms with van der Waals surface area (Å²) in [5.74, 6) is 0.589. The molecule has 2 aromatic carbocycles. The van der Waals surface area contributed by atoms with Crippen molar-refractivity contribution >= 4 is 34.9 Å². The van der Waals surface area contributed by atoms with Crippen molar-refractivity contribution in [1.82, 2.24) is 14.8 Å². The standard InChI is InChI=1S/C20H16Cl2N4O2/c1-3-17-23-19-20(28-11(2)27)24-18(13-6-4-5-7-15(13)22)14-10-12(21)8-9-16(14)26(19)25-17/h4-10,20H,3H2,1-2H3. The van der Waals surface area contributed by atoms with Crippen LogP contribution >= 0.6 is 23.2 Å². The summed E-state index contributed by atoms with van der Waals surface area (Å²) < 4.78 is 7.14. The Morgan fingerprint density at radius 2 is 1.96 bits per heavy atom. The van der Waals surface area contributed by atoms with E-state index in [4.69, 9.17) is 32.9 Å². The summed E-state index contributed by atoms with van der Waals surface area (Å²) >= 11 is 12.7. The smallest absolute Gasteiger partial charge is 0.304 e. The minimum absolute atomic E-state index is 0.428. The lowest BCUT2D eigenvalue weighted by Gasteiger charge is -2.13. The number of carbonyl (C=O) groups excluding carboxylic acids is 1. The lowest BCUT2D eigenvalue weighted by Crippen LogP contribution is -2.12. The summed E-state index contributed by atoms with van der Waals surface area (Å²) in [5, 5.41) is 5.64. The second-order valence-corrected chi connectivity index (χ2v) is 7.08. The second kappa shape index (κ2) is 7.37. The van der Waals surface area contributed by atoms with E-state index in [1.165, 1.54) is 6.92 Å². The number of hydrogen-bond donors (Lipinski definition) is 0. The molecule has 0 aliphatic carbocycles. The molecule has 6 nitrogen and oxygen atoms in total. The van der Waals surface area contributed by atoms with Gasteiger partial charge in [-0.3, -0.25) is 4.79 Å². The van der Waals surface area contributed by atoms with Crippen LogP contribution in [0.15, 0.2) is 47.5 Å². The largest absolute Gasteiger partial charge is 0.432 e. The van der Waals surface area contributed by atoms with Gasteiger partial charge < -0.3 is 4.74 Å².